The van der Waals surface area contributed by atoms with Crippen molar-refractivity contribution in [3.63, 3.8) is 0 Å². The number of urea groups is 1. The number of hydrogen-bond donors (Lipinski definition) is 2. The van der Waals surface area contributed by atoms with Crippen molar-refractivity contribution in [3.05, 3.63) is 23.9 Å². The van der Waals surface area contributed by atoms with Crippen LogP contribution in [0.25, 0.3) is 0 Å². The van der Waals surface area contributed by atoms with Crippen molar-refractivity contribution in [2.24, 2.45) is 0 Å². The van der Waals surface area contributed by atoms with E-state index in [0.717, 1.165) is 5.56 Å². The molecule has 0 fully saturated rings. The first kappa shape index (κ1) is 19.7. The standard InChI is InChI=1S/C14H18F3N3O4/c1-4-23-11(21)13(24-5-2,14(15,16)17)20-12(22)19-10-8-9(3)6-7-18-10/h6-8H,4-5H2,1-3H3,(H2,18,19,20,22)/t13-/m1/s1. The predicted molar refractivity (Wildman–Crippen MR) is 78.2 cm³/mol. The molecule has 2 amide bonds. The lowest BCUT2D eigenvalue weighted by atomic mass is 10.2. The molecule has 0 saturated carbocycles. The SMILES string of the molecule is CCOC(=O)[C@@](NC(=O)Nc1cc(C)ccn1)(OCC)C(F)(F)F. The van der Waals surface area contributed by atoms with Crippen LogP contribution in [0.2, 0.25) is 0 Å². The quantitative estimate of drug-likeness (QED) is 0.608. The number of aryl methyl sites for hydroxylation is 1. The van der Waals surface area contributed by atoms with Gasteiger partial charge in [0.05, 0.1) is 6.61 Å². The van der Waals surface area contributed by atoms with Crippen molar-refractivity contribution in [1.29, 1.82) is 0 Å². The van der Waals surface area contributed by atoms with Gasteiger partial charge >= 0.3 is 23.9 Å². The van der Waals surface area contributed by atoms with Crippen LogP contribution in [0, 0.1) is 6.92 Å². The molecule has 1 aromatic rings. The minimum Gasteiger partial charge on any atom is -0.462 e. The van der Waals surface area contributed by atoms with Gasteiger partial charge in [0, 0.05) is 12.8 Å². The highest BCUT2D eigenvalue weighted by atomic mass is 19.4. The highest BCUT2D eigenvalue weighted by molar-refractivity contribution is 5.93. The molecule has 0 radical (unpaired) electrons. The van der Waals surface area contributed by atoms with Gasteiger partial charge in [0.1, 0.15) is 5.82 Å². The summed E-state index contributed by atoms with van der Waals surface area (Å²) in [4.78, 5) is 27.5. The number of halogens is 3. The van der Waals surface area contributed by atoms with Crippen molar-refractivity contribution in [2.45, 2.75) is 32.7 Å². The Bertz CT molecular complexity index is 595. The average Bonchev–Trinajstić information content (AvgIpc) is 2.45. The van der Waals surface area contributed by atoms with E-state index in [4.69, 9.17) is 0 Å². The minimum absolute atomic E-state index is 0.0175. The molecule has 0 aliphatic heterocycles. The number of ether oxygens (including phenoxy) is 2. The normalized spacial score (nSPS) is 13.8. The van der Waals surface area contributed by atoms with E-state index in [9.17, 15) is 22.8 Å². The van der Waals surface area contributed by atoms with Gasteiger partial charge in [0.15, 0.2) is 0 Å². The summed E-state index contributed by atoms with van der Waals surface area (Å²) in [5.41, 5.74) is -2.87. The maximum absolute atomic E-state index is 13.4. The topological polar surface area (TPSA) is 89.5 Å². The van der Waals surface area contributed by atoms with Gasteiger partial charge in [-0.05, 0) is 38.5 Å². The van der Waals surface area contributed by atoms with Gasteiger partial charge < -0.3 is 9.47 Å². The number of rotatable bonds is 6. The number of carbonyl (C=O) groups excluding carboxylic acids is 2. The number of hydrogen-bond acceptors (Lipinski definition) is 5. The summed E-state index contributed by atoms with van der Waals surface area (Å²) in [7, 11) is 0. The van der Waals surface area contributed by atoms with E-state index in [0.29, 0.717) is 0 Å². The lowest BCUT2D eigenvalue weighted by Gasteiger charge is -2.33. The lowest BCUT2D eigenvalue weighted by Crippen LogP contribution is -2.67. The van der Waals surface area contributed by atoms with Crippen molar-refractivity contribution in [1.82, 2.24) is 10.3 Å². The Labute approximate surface area is 136 Å². The van der Waals surface area contributed by atoms with Gasteiger partial charge in [-0.3, -0.25) is 10.6 Å². The van der Waals surface area contributed by atoms with Crippen molar-refractivity contribution < 1.29 is 32.2 Å². The molecule has 0 aromatic carbocycles. The number of anilines is 1. The highest BCUT2D eigenvalue weighted by Crippen LogP contribution is 2.33. The fraction of sp³-hybridized carbons (Fsp3) is 0.500. The molecule has 1 aromatic heterocycles. The Morgan fingerprint density at radius 3 is 2.42 bits per heavy atom. The largest absolute Gasteiger partial charge is 0.462 e. The molecule has 7 nitrogen and oxygen atoms in total. The average molecular weight is 349 g/mol. The molecule has 1 atom stereocenters. The molecule has 10 heteroatoms. The third-order valence-corrected chi connectivity index (χ3v) is 2.77. The Morgan fingerprint density at radius 1 is 1.25 bits per heavy atom. The van der Waals surface area contributed by atoms with Crippen molar-refractivity contribution >= 4 is 17.8 Å². The fourth-order valence-electron chi connectivity index (χ4n) is 1.78. The highest BCUT2D eigenvalue weighted by Gasteiger charge is 2.64. The van der Waals surface area contributed by atoms with Gasteiger partial charge in [0.2, 0.25) is 0 Å². The van der Waals surface area contributed by atoms with E-state index >= 15 is 0 Å². The summed E-state index contributed by atoms with van der Waals surface area (Å²) >= 11 is 0. The van der Waals surface area contributed by atoms with Gasteiger partial charge in [-0.1, -0.05) is 0 Å². The summed E-state index contributed by atoms with van der Waals surface area (Å²) in [5, 5.41) is 3.63. The van der Waals surface area contributed by atoms with Crippen LogP contribution in [0.15, 0.2) is 18.3 Å². The summed E-state index contributed by atoms with van der Waals surface area (Å²) < 4.78 is 49.2. The van der Waals surface area contributed by atoms with Crippen molar-refractivity contribution in [3.8, 4) is 0 Å². The van der Waals surface area contributed by atoms with Crippen LogP contribution in [0.4, 0.5) is 23.8 Å². The second-order valence-electron chi connectivity index (χ2n) is 4.63. The summed E-state index contributed by atoms with van der Waals surface area (Å²) in [6.07, 6.45) is -3.86. The zero-order valence-corrected chi connectivity index (χ0v) is 13.4. The van der Waals surface area contributed by atoms with Crippen LogP contribution in [0.1, 0.15) is 19.4 Å². The molecule has 2 N–H and O–H groups in total. The Morgan fingerprint density at radius 2 is 1.92 bits per heavy atom. The first-order chi connectivity index (χ1) is 11.2. The number of aromatic nitrogens is 1. The number of nitrogens with zero attached hydrogens (tertiary/aromatic N) is 1. The number of amides is 2. The van der Waals surface area contributed by atoms with E-state index in [1.165, 1.54) is 31.4 Å². The third kappa shape index (κ3) is 4.57. The van der Waals surface area contributed by atoms with Crippen LogP contribution in [-0.2, 0) is 14.3 Å². The maximum Gasteiger partial charge on any atom is 0.448 e. The van der Waals surface area contributed by atoms with Crippen LogP contribution in [0.3, 0.4) is 0 Å². The fourth-order valence-corrected chi connectivity index (χ4v) is 1.78. The predicted octanol–water partition coefficient (Wildman–Crippen LogP) is 2.37. The van der Waals surface area contributed by atoms with Gasteiger partial charge in [-0.15, -0.1) is 0 Å². The van der Waals surface area contributed by atoms with Crippen molar-refractivity contribution in [2.75, 3.05) is 18.5 Å². The zero-order chi connectivity index (χ0) is 18.4. The molecule has 134 valence electrons. The zero-order valence-electron chi connectivity index (χ0n) is 13.4. The third-order valence-electron chi connectivity index (χ3n) is 2.77. The first-order valence-corrected chi connectivity index (χ1v) is 7.06. The molecule has 0 spiro atoms. The molecule has 0 aliphatic rings. The number of pyridine rings is 1. The second-order valence-corrected chi connectivity index (χ2v) is 4.63. The van der Waals surface area contributed by atoms with Crippen LogP contribution < -0.4 is 10.6 Å². The first-order valence-electron chi connectivity index (χ1n) is 7.06. The molecular weight excluding hydrogens is 331 g/mol. The minimum atomic E-state index is -5.23. The van der Waals surface area contributed by atoms with Gasteiger partial charge in [-0.25, -0.2) is 14.6 Å². The van der Waals surface area contributed by atoms with E-state index in [2.05, 4.69) is 19.8 Å². The van der Waals surface area contributed by atoms with E-state index in [1.807, 2.05) is 0 Å². The summed E-state index contributed by atoms with van der Waals surface area (Å²) in [6, 6.07) is 1.77. The van der Waals surface area contributed by atoms with E-state index in [-0.39, 0.29) is 12.4 Å². The molecule has 0 unspecified atom stereocenters. The monoisotopic (exact) mass is 349 g/mol. The summed E-state index contributed by atoms with van der Waals surface area (Å²) in [6.45, 7) is 3.50. The summed E-state index contributed by atoms with van der Waals surface area (Å²) in [5.74, 6) is -1.74. The molecule has 0 saturated heterocycles. The maximum atomic E-state index is 13.4. The lowest BCUT2D eigenvalue weighted by molar-refractivity contribution is -0.282. The molecular formula is C14H18F3N3O4. The smallest absolute Gasteiger partial charge is 0.448 e. The second kappa shape index (κ2) is 7.95. The van der Waals surface area contributed by atoms with Crippen LogP contribution >= 0.6 is 0 Å². The Hall–Kier alpha value is -2.36. The van der Waals surface area contributed by atoms with E-state index < -0.39 is 30.5 Å². The molecule has 1 heterocycles. The molecule has 24 heavy (non-hydrogen) atoms. The van der Waals surface area contributed by atoms with Gasteiger partial charge in [0.25, 0.3) is 0 Å². The molecule has 1 rings (SSSR count). The molecule has 0 bridgehead atoms. The van der Waals surface area contributed by atoms with E-state index in [1.54, 1.807) is 13.0 Å². The van der Waals surface area contributed by atoms with Gasteiger partial charge in [-0.2, -0.15) is 13.2 Å². The number of esters is 1. The molecule has 0 aliphatic carbocycles. The Balaban J connectivity index is 3.06. The van der Waals surface area contributed by atoms with Crippen LogP contribution in [-0.4, -0.2) is 42.1 Å². The number of nitrogens with one attached hydrogen (secondary N) is 2. The number of alkyl halides is 3. The number of carbonyl (C=O) groups is 2. The van der Waals surface area contributed by atoms with Crippen LogP contribution in [0.5, 0.6) is 0 Å². The Kier molecular flexibility index (Phi) is 6.52.